The van der Waals surface area contributed by atoms with Crippen LogP contribution in [-0.2, 0) is 10.0 Å². The molecular weight excluding hydrogens is 432 g/mol. The van der Waals surface area contributed by atoms with Crippen LogP contribution in [0.4, 0.5) is 11.5 Å². The molecule has 0 radical (unpaired) electrons. The van der Waals surface area contributed by atoms with E-state index in [1.165, 1.54) is 43.8 Å². The molecule has 3 rings (SSSR count). The van der Waals surface area contributed by atoms with E-state index in [4.69, 9.17) is 9.47 Å². The van der Waals surface area contributed by atoms with Crippen molar-refractivity contribution in [2.75, 3.05) is 17.1 Å². The minimum Gasteiger partial charge on any atom is -0.491 e. The molecule has 3 aromatic rings. The fraction of sp³-hybridized carbons (Fsp3) is 0.227. The predicted octanol–water partition coefficient (Wildman–Crippen LogP) is 3.72. The van der Waals surface area contributed by atoms with Crippen molar-refractivity contribution in [1.29, 1.82) is 0 Å². The van der Waals surface area contributed by atoms with Gasteiger partial charge in [-0.1, -0.05) is 6.92 Å². The molecule has 168 valence electrons. The van der Waals surface area contributed by atoms with Gasteiger partial charge in [0.25, 0.3) is 21.8 Å². The smallest absolute Gasteiger partial charge is 0.263 e. The van der Waals surface area contributed by atoms with Crippen molar-refractivity contribution in [3.8, 4) is 11.6 Å². The van der Waals surface area contributed by atoms with E-state index in [2.05, 4.69) is 20.0 Å². The number of benzene rings is 2. The molecule has 0 saturated heterocycles. The van der Waals surface area contributed by atoms with Crippen molar-refractivity contribution in [3.63, 3.8) is 0 Å². The van der Waals surface area contributed by atoms with E-state index in [1.54, 1.807) is 24.3 Å². The summed E-state index contributed by atoms with van der Waals surface area (Å²) in [7, 11) is -2.55. The molecule has 0 bridgehead atoms. The first-order valence-electron chi connectivity index (χ1n) is 9.88. The van der Waals surface area contributed by atoms with Crippen LogP contribution in [0, 0.1) is 0 Å². The molecule has 0 aliphatic heterocycles. The lowest BCUT2D eigenvalue weighted by molar-refractivity contribution is 0.102. The van der Waals surface area contributed by atoms with Gasteiger partial charge in [-0.3, -0.25) is 9.52 Å². The Morgan fingerprint density at radius 3 is 2.31 bits per heavy atom. The molecule has 32 heavy (non-hydrogen) atoms. The third-order valence-electron chi connectivity index (χ3n) is 4.54. The topological polar surface area (TPSA) is 120 Å². The number of nitrogens with one attached hydrogen (secondary N) is 2. The standard InChI is InChI=1S/C22H24N4O5S/c1-4-15(2)31-18-9-5-16(6-10-18)21(27)25-17-7-11-19(12-8-17)32(28,29)26-20-22(30-3)24-14-13-23-20/h5-15H,4H2,1-3H3,(H,23,26)(H,25,27). The summed E-state index contributed by atoms with van der Waals surface area (Å²) < 4.78 is 38.3. The Kier molecular flexibility index (Phi) is 7.26. The summed E-state index contributed by atoms with van der Waals surface area (Å²) in [5, 5.41) is 2.74. The van der Waals surface area contributed by atoms with E-state index in [9.17, 15) is 13.2 Å². The summed E-state index contributed by atoms with van der Waals surface area (Å²) in [5.74, 6) is 0.407. The average Bonchev–Trinajstić information content (AvgIpc) is 2.80. The Morgan fingerprint density at radius 1 is 1.03 bits per heavy atom. The van der Waals surface area contributed by atoms with E-state index in [0.717, 1.165) is 6.42 Å². The van der Waals surface area contributed by atoms with E-state index in [-0.39, 0.29) is 28.6 Å². The summed E-state index contributed by atoms with van der Waals surface area (Å²) in [6.45, 7) is 4.01. The lowest BCUT2D eigenvalue weighted by Crippen LogP contribution is -2.15. The number of ether oxygens (including phenoxy) is 2. The fourth-order valence-electron chi connectivity index (χ4n) is 2.65. The highest BCUT2D eigenvalue weighted by atomic mass is 32.2. The van der Waals surface area contributed by atoms with Gasteiger partial charge in [0.05, 0.1) is 18.1 Å². The number of carbonyl (C=O) groups excluding carboxylic acids is 1. The van der Waals surface area contributed by atoms with Gasteiger partial charge < -0.3 is 14.8 Å². The van der Waals surface area contributed by atoms with Crippen LogP contribution in [-0.4, -0.2) is 37.5 Å². The normalized spacial score (nSPS) is 12.0. The first-order valence-corrected chi connectivity index (χ1v) is 11.4. The first kappa shape index (κ1) is 23.0. The van der Waals surface area contributed by atoms with Crippen LogP contribution < -0.4 is 19.5 Å². The summed E-state index contributed by atoms with van der Waals surface area (Å²) in [6, 6.07) is 12.6. The number of carbonyl (C=O) groups is 1. The molecule has 0 saturated carbocycles. The van der Waals surface area contributed by atoms with Crippen LogP contribution in [0.15, 0.2) is 65.8 Å². The van der Waals surface area contributed by atoms with Crippen LogP contribution in [0.1, 0.15) is 30.6 Å². The number of methoxy groups -OCH3 is 1. The van der Waals surface area contributed by atoms with Crippen LogP contribution in [0.25, 0.3) is 0 Å². The van der Waals surface area contributed by atoms with Crippen molar-refractivity contribution >= 4 is 27.4 Å². The Labute approximate surface area is 186 Å². The number of hydrogen-bond acceptors (Lipinski definition) is 7. The van der Waals surface area contributed by atoms with Crippen molar-refractivity contribution in [2.24, 2.45) is 0 Å². The van der Waals surface area contributed by atoms with Gasteiger partial charge in [0.2, 0.25) is 5.82 Å². The van der Waals surface area contributed by atoms with E-state index < -0.39 is 10.0 Å². The number of sulfonamides is 1. The van der Waals surface area contributed by atoms with E-state index in [0.29, 0.717) is 17.0 Å². The van der Waals surface area contributed by atoms with Gasteiger partial charge in [-0.15, -0.1) is 0 Å². The molecule has 0 spiro atoms. The van der Waals surface area contributed by atoms with Crippen LogP contribution in [0.2, 0.25) is 0 Å². The highest BCUT2D eigenvalue weighted by molar-refractivity contribution is 7.92. The SMILES string of the molecule is CCC(C)Oc1ccc(C(=O)Nc2ccc(S(=O)(=O)Nc3nccnc3OC)cc2)cc1. The van der Waals surface area contributed by atoms with Crippen molar-refractivity contribution in [2.45, 2.75) is 31.3 Å². The number of hydrogen-bond donors (Lipinski definition) is 2. The van der Waals surface area contributed by atoms with Crippen molar-refractivity contribution in [3.05, 3.63) is 66.5 Å². The molecule has 1 aromatic heterocycles. The Bertz CT molecular complexity index is 1170. The van der Waals surface area contributed by atoms with Crippen molar-refractivity contribution < 1.29 is 22.7 Å². The van der Waals surface area contributed by atoms with Gasteiger partial charge in [0, 0.05) is 23.6 Å². The molecule has 2 N–H and O–H groups in total. The fourth-order valence-corrected chi connectivity index (χ4v) is 3.66. The molecule has 1 atom stereocenters. The number of rotatable bonds is 9. The van der Waals surface area contributed by atoms with Gasteiger partial charge in [-0.05, 0) is 61.9 Å². The third kappa shape index (κ3) is 5.73. The van der Waals surface area contributed by atoms with Gasteiger partial charge in [-0.2, -0.15) is 0 Å². The maximum absolute atomic E-state index is 12.6. The van der Waals surface area contributed by atoms with E-state index in [1.807, 2.05) is 13.8 Å². The molecule has 9 nitrogen and oxygen atoms in total. The molecule has 0 aliphatic rings. The Hall–Kier alpha value is -3.66. The zero-order valence-corrected chi connectivity index (χ0v) is 18.7. The second-order valence-corrected chi connectivity index (χ2v) is 8.54. The monoisotopic (exact) mass is 456 g/mol. The second kappa shape index (κ2) is 10.1. The minimum absolute atomic E-state index is 0.00486. The van der Waals surface area contributed by atoms with Gasteiger partial charge >= 0.3 is 0 Å². The maximum atomic E-state index is 12.6. The number of aromatic nitrogens is 2. The Morgan fingerprint density at radius 2 is 1.69 bits per heavy atom. The highest BCUT2D eigenvalue weighted by Crippen LogP contribution is 2.22. The molecule has 1 amide bonds. The zero-order chi connectivity index (χ0) is 23.1. The molecule has 1 unspecified atom stereocenters. The van der Waals surface area contributed by atoms with Crippen LogP contribution >= 0.6 is 0 Å². The summed E-state index contributed by atoms with van der Waals surface area (Å²) in [4.78, 5) is 20.3. The molecule has 10 heteroatoms. The number of nitrogens with zero attached hydrogens (tertiary/aromatic N) is 2. The quantitative estimate of drug-likeness (QED) is 0.504. The largest absolute Gasteiger partial charge is 0.491 e. The summed E-state index contributed by atoms with van der Waals surface area (Å²) in [6.07, 6.45) is 3.71. The minimum atomic E-state index is -3.92. The third-order valence-corrected chi connectivity index (χ3v) is 5.90. The molecule has 2 aromatic carbocycles. The Balaban J connectivity index is 1.67. The van der Waals surface area contributed by atoms with Crippen LogP contribution in [0.5, 0.6) is 11.6 Å². The predicted molar refractivity (Wildman–Crippen MR) is 121 cm³/mol. The maximum Gasteiger partial charge on any atom is 0.263 e. The second-order valence-electron chi connectivity index (χ2n) is 6.86. The van der Waals surface area contributed by atoms with Gasteiger partial charge in [-0.25, -0.2) is 18.4 Å². The van der Waals surface area contributed by atoms with Crippen LogP contribution in [0.3, 0.4) is 0 Å². The zero-order valence-electron chi connectivity index (χ0n) is 17.9. The lowest BCUT2D eigenvalue weighted by Gasteiger charge is -2.13. The van der Waals surface area contributed by atoms with Crippen molar-refractivity contribution in [1.82, 2.24) is 9.97 Å². The summed E-state index contributed by atoms with van der Waals surface area (Å²) >= 11 is 0. The van der Waals surface area contributed by atoms with Gasteiger partial charge in [0.15, 0.2) is 0 Å². The molecular formula is C22H24N4O5S. The molecule has 1 heterocycles. The lowest BCUT2D eigenvalue weighted by atomic mass is 10.2. The highest BCUT2D eigenvalue weighted by Gasteiger charge is 2.18. The van der Waals surface area contributed by atoms with Gasteiger partial charge in [0.1, 0.15) is 5.75 Å². The van der Waals surface area contributed by atoms with E-state index >= 15 is 0 Å². The number of anilines is 2. The molecule has 0 fully saturated rings. The molecule has 0 aliphatic carbocycles. The first-order chi connectivity index (χ1) is 15.3. The average molecular weight is 457 g/mol. The summed E-state index contributed by atoms with van der Waals surface area (Å²) in [5.41, 5.74) is 0.903. The number of amides is 1.